The molecule has 2 aromatic heterocycles. The second-order valence-electron chi connectivity index (χ2n) is 11.4. The molecule has 230 valence electrons. The number of pyridine rings is 1. The zero-order valence-corrected chi connectivity index (χ0v) is 24.1. The number of fused-ring (bicyclic) bond motifs is 2. The summed E-state index contributed by atoms with van der Waals surface area (Å²) in [6.45, 7) is 4.12. The summed E-state index contributed by atoms with van der Waals surface area (Å²) in [4.78, 5) is 17.6. The molecule has 7 nitrogen and oxygen atoms in total. The fourth-order valence-electron chi connectivity index (χ4n) is 5.26. The van der Waals surface area contributed by atoms with Crippen molar-refractivity contribution in [2.75, 3.05) is 13.2 Å². The summed E-state index contributed by atoms with van der Waals surface area (Å²) < 4.78 is 83.8. The second kappa shape index (κ2) is 11.3. The maximum Gasteiger partial charge on any atom is 0.398 e. The highest BCUT2D eigenvalue weighted by molar-refractivity contribution is 5.99. The van der Waals surface area contributed by atoms with Crippen molar-refractivity contribution in [2.45, 2.75) is 63.9 Å². The Bertz CT molecular complexity index is 1760. The molecule has 1 amide bonds. The third-order valence-electron chi connectivity index (χ3n) is 7.80. The van der Waals surface area contributed by atoms with Gasteiger partial charge in [-0.3, -0.25) is 4.79 Å². The Morgan fingerprint density at radius 1 is 1.14 bits per heavy atom. The molecule has 3 unspecified atom stereocenters. The van der Waals surface area contributed by atoms with Crippen LogP contribution in [-0.2, 0) is 0 Å². The molecule has 0 bridgehead atoms. The number of aryl methyl sites for hydroxylation is 1. The number of benzene rings is 2. The fourth-order valence-corrected chi connectivity index (χ4v) is 5.26. The standard InChI is InChI=1S/C32H29F5N4O3/c1-15-14-43-30-22(15)12-26(39-29(30)18-4-7-25(34)23(10-18)17(3)33)24(32(35,36)37)13-38-31(42)20-9-19-8-16(2)40-41-28(19)27(11-20)44-21-5-6-21/h4,7-12,15,17,21,24H,5-6,13-14H2,1-3H3,(H,38,42). The highest BCUT2D eigenvalue weighted by atomic mass is 19.4. The van der Waals surface area contributed by atoms with Crippen molar-refractivity contribution in [3.05, 3.63) is 76.4 Å². The highest BCUT2D eigenvalue weighted by Crippen LogP contribution is 2.45. The molecular weight excluding hydrogens is 583 g/mol. The first-order valence-corrected chi connectivity index (χ1v) is 14.3. The van der Waals surface area contributed by atoms with Crippen molar-refractivity contribution in [3.8, 4) is 22.8 Å². The molecule has 1 N–H and O–H groups in total. The first-order chi connectivity index (χ1) is 20.9. The zero-order chi connectivity index (χ0) is 31.3. The molecule has 1 fully saturated rings. The van der Waals surface area contributed by atoms with E-state index in [9.17, 15) is 26.7 Å². The number of aromatic nitrogens is 3. The lowest BCUT2D eigenvalue weighted by Gasteiger charge is -2.22. The predicted molar refractivity (Wildman–Crippen MR) is 152 cm³/mol. The van der Waals surface area contributed by atoms with E-state index in [0.717, 1.165) is 18.9 Å². The second-order valence-corrected chi connectivity index (χ2v) is 11.4. The van der Waals surface area contributed by atoms with Crippen LogP contribution in [0.25, 0.3) is 22.2 Å². The zero-order valence-electron chi connectivity index (χ0n) is 24.1. The van der Waals surface area contributed by atoms with E-state index in [1.54, 1.807) is 19.9 Å². The highest BCUT2D eigenvalue weighted by Gasteiger charge is 2.43. The van der Waals surface area contributed by atoms with E-state index in [-0.39, 0.29) is 52.5 Å². The molecule has 0 spiro atoms. The van der Waals surface area contributed by atoms with Gasteiger partial charge in [-0.15, -0.1) is 5.10 Å². The maximum absolute atomic E-state index is 14.6. The topological polar surface area (TPSA) is 86.2 Å². The van der Waals surface area contributed by atoms with Gasteiger partial charge in [-0.25, -0.2) is 13.8 Å². The van der Waals surface area contributed by atoms with E-state index >= 15 is 0 Å². The smallest absolute Gasteiger partial charge is 0.398 e. The molecular formula is C32H29F5N4O3. The number of nitrogens with zero attached hydrogens (tertiary/aromatic N) is 3. The van der Waals surface area contributed by atoms with E-state index in [1.165, 1.54) is 37.3 Å². The number of ether oxygens (including phenoxy) is 2. The van der Waals surface area contributed by atoms with Crippen LogP contribution in [0.15, 0.2) is 42.5 Å². The molecule has 6 rings (SSSR count). The van der Waals surface area contributed by atoms with Crippen molar-refractivity contribution < 1.29 is 36.2 Å². The van der Waals surface area contributed by atoms with Gasteiger partial charge in [0.1, 0.15) is 40.6 Å². The molecule has 0 saturated heterocycles. The number of hydrogen-bond donors (Lipinski definition) is 1. The minimum absolute atomic E-state index is 0.00835. The van der Waals surface area contributed by atoms with Crippen molar-refractivity contribution in [1.82, 2.24) is 20.5 Å². The monoisotopic (exact) mass is 612 g/mol. The van der Waals surface area contributed by atoms with Gasteiger partial charge in [0, 0.05) is 40.1 Å². The molecule has 1 aliphatic heterocycles. The lowest BCUT2D eigenvalue weighted by Crippen LogP contribution is -2.35. The van der Waals surface area contributed by atoms with Gasteiger partial charge in [0.25, 0.3) is 5.91 Å². The Morgan fingerprint density at radius 3 is 2.61 bits per heavy atom. The number of carbonyl (C=O) groups excluding carboxylic acids is 1. The van der Waals surface area contributed by atoms with Gasteiger partial charge in [0.2, 0.25) is 0 Å². The number of nitrogens with one attached hydrogen (secondary N) is 1. The average Bonchev–Trinajstić information content (AvgIpc) is 3.71. The Kier molecular flexibility index (Phi) is 7.63. The van der Waals surface area contributed by atoms with Gasteiger partial charge in [0.15, 0.2) is 0 Å². The first kappa shape index (κ1) is 29.7. The van der Waals surface area contributed by atoms with Crippen molar-refractivity contribution >= 4 is 16.8 Å². The third kappa shape index (κ3) is 5.89. The quantitative estimate of drug-likeness (QED) is 0.211. The van der Waals surface area contributed by atoms with Crippen LogP contribution in [0.3, 0.4) is 0 Å². The SMILES string of the molecule is Cc1cc2cc(C(=O)NCC(c3cc4c(c(-c5ccc(F)c(C(C)F)c5)n3)OCC4C)C(F)(F)F)cc(OC3CC3)c2nn1. The van der Waals surface area contributed by atoms with Crippen LogP contribution in [0.1, 0.15) is 77.6 Å². The van der Waals surface area contributed by atoms with Crippen LogP contribution in [0.5, 0.6) is 11.5 Å². The van der Waals surface area contributed by atoms with Crippen molar-refractivity contribution in [1.29, 1.82) is 0 Å². The number of alkyl halides is 4. The molecule has 2 aliphatic rings. The first-order valence-electron chi connectivity index (χ1n) is 14.3. The van der Waals surface area contributed by atoms with Crippen LogP contribution in [0.4, 0.5) is 22.0 Å². The Balaban J connectivity index is 1.34. The molecule has 0 radical (unpaired) electrons. The van der Waals surface area contributed by atoms with E-state index in [4.69, 9.17) is 9.47 Å². The number of amides is 1. The third-order valence-corrected chi connectivity index (χ3v) is 7.80. The van der Waals surface area contributed by atoms with Gasteiger partial charge in [0.05, 0.1) is 24.1 Å². The summed E-state index contributed by atoms with van der Waals surface area (Å²) in [6.07, 6.45) is -4.73. The lowest BCUT2D eigenvalue weighted by molar-refractivity contribution is -0.149. The van der Waals surface area contributed by atoms with Crippen LogP contribution >= 0.6 is 0 Å². The molecule has 4 aromatic rings. The summed E-state index contributed by atoms with van der Waals surface area (Å²) in [6, 6.07) is 9.68. The Hall–Kier alpha value is -4.35. The predicted octanol–water partition coefficient (Wildman–Crippen LogP) is 7.28. The molecule has 44 heavy (non-hydrogen) atoms. The summed E-state index contributed by atoms with van der Waals surface area (Å²) in [7, 11) is 0. The van der Waals surface area contributed by atoms with Gasteiger partial charge in [-0.2, -0.15) is 18.3 Å². The van der Waals surface area contributed by atoms with E-state index in [1.807, 2.05) is 0 Å². The number of rotatable bonds is 8. The maximum atomic E-state index is 14.6. The normalized spacial score (nSPS) is 17.6. The minimum Gasteiger partial charge on any atom is -0.490 e. The van der Waals surface area contributed by atoms with Gasteiger partial charge < -0.3 is 14.8 Å². The molecule has 2 aromatic carbocycles. The number of hydrogen-bond acceptors (Lipinski definition) is 6. The number of halogens is 5. The van der Waals surface area contributed by atoms with Crippen LogP contribution in [-0.4, -0.2) is 46.5 Å². The largest absolute Gasteiger partial charge is 0.490 e. The minimum atomic E-state index is -4.79. The average molecular weight is 613 g/mol. The van der Waals surface area contributed by atoms with Crippen LogP contribution in [0, 0.1) is 12.7 Å². The summed E-state index contributed by atoms with van der Waals surface area (Å²) in [5.41, 5.74) is 1.38. The van der Waals surface area contributed by atoms with Crippen LogP contribution in [0.2, 0.25) is 0 Å². The number of carbonyl (C=O) groups is 1. The van der Waals surface area contributed by atoms with Crippen molar-refractivity contribution in [2.24, 2.45) is 0 Å². The molecule has 12 heteroatoms. The van der Waals surface area contributed by atoms with Crippen LogP contribution < -0.4 is 14.8 Å². The molecule has 3 atom stereocenters. The molecule has 1 saturated carbocycles. The van der Waals surface area contributed by atoms with Gasteiger partial charge in [-0.1, -0.05) is 6.92 Å². The summed E-state index contributed by atoms with van der Waals surface area (Å²) >= 11 is 0. The summed E-state index contributed by atoms with van der Waals surface area (Å²) in [5.74, 6) is -3.32. The Morgan fingerprint density at radius 2 is 1.91 bits per heavy atom. The Labute approximate surface area is 249 Å². The van der Waals surface area contributed by atoms with Gasteiger partial charge in [-0.05, 0) is 69.2 Å². The van der Waals surface area contributed by atoms with E-state index < -0.39 is 36.5 Å². The molecule has 1 aliphatic carbocycles. The van der Waals surface area contributed by atoms with Gasteiger partial charge >= 0.3 is 6.18 Å². The fraction of sp³-hybridized carbons (Fsp3) is 0.375. The lowest BCUT2D eigenvalue weighted by atomic mass is 9.94. The van der Waals surface area contributed by atoms with E-state index in [0.29, 0.717) is 27.9 Å². The molecule has 3 heterocycles. The van der Waals surface area contributed by atoms with E-state index in [2.05, 4.69) is 20.5 Å². The van der Waals surface area contributed by atoms with Crippen molar-refractivity contribution in [3.63, 3.8) is 0 Å². The summed E-state index contributed by atoms with van der Waals surface area (Å²) in [5, 5.41) is 11.2.